The molecular formula is C47H60F3NO15. The zero-order chi connectivity index (χ0) is 49.3. The van der Waals surface area contributed by atoms with Crippen molar-refractivity contribution in [1.82, 2.24) is 5.32 Å². The first-order chi connectivity index (χ1) is 30.4. The molecule has 66 heavy (non-hydrogen) atoms. The summed E-state index contributed by atoms with van der Waals surface area (Å²) in [6, 6.07) is 2.61. The van der Waals surface area contributed by atoms with Crippen molar-refractivity contribution in [1.29, 1.82) is 0 Å². The van der Waals surface area contributed by atoms with Crippen LogP contribution in [0.5, 0.6) is 5.75 Å². The number of ether oxygens (including phenoxy) is 7. The van der Waals surface area contributed by atoms with Crippen LogP contribution in [-0.2, 0) is 47.6 Å². The zero-order valence-corrected chi connectivity index (χ0v) is 39.0. The molecule has 2 bridgehead atoms. The predicted octanol–water partition coefficient (Wildman–Crippen LogP) is 5.99. The number of halogens is 3. The molecule has 11 atom stereocenters. The van der Waals surface area contributed by atoms with Crippen molar-refractivity contribution >= 4 is 35.8 Å². The SMILES string of the molecule is CC(=O)O[C@@]12CO[C@@H]1C[C@H](C)[C@@]1(C)C(=O)[C@H](OC(=O)C3CC3)C3=C(C)[C@@H](OC(=O)[C@H](O)[C@H](C=C(C)C)NC(=O)OC(C)(C)C)C[C@@](O)([C@@H](OC(=O)c4cccc(OC(F)(F)F)c4)[C@H]21)C3(C)C. The number of carbonyl (C=O) groups excluding carboxylic acids is 6. The van der Waals surface area contributed by atoms with Crippen molar-refractivity contribution in [3.05, 3.63) is 52.6 Å². The zero-order valence-electron chi connectivity index (χ0n) is 39.0. The number of Topliss-reactive ketones (excluding diaryl/α,β-unsaturated/α-hetero) is 1. The fourth-order valence-corrected chi connectivity index (χ4v) is 10.3. The van der Waals surface area contributed by atoms with Gasteiger partial charge in [0.05, 0.1) is 30.0 Å². The van der Waals surface area contributed by atoms with Crippen molar-refractivity contribution in [3.63, 3.8) is 0 Å². The Morgan fingerprint density at radius 3 is 2.20 bits per heavy atom. The molecule has 0 unspecified atom stereocenters. The molecule has 0 aromatic heterocycles. The van der Waals surface area contributed by atoms with Crippen LogP contribution >= 0.6 is 0 Å². The van der Waals surface area contributed by atoms with Gasteiger partial charge in [-0.05, 0) is 96.1 Å². The van der Waals surface area contributed by atoms with Gasteiger partial charge in [-0.1, -0.05) is 45.4 Å². The molecule has 4 aliphatic carbocycles. The number of alkyl halides is 3. The number of aliphatic hydroxyl groups is 2. The molecule has 364 valence electrons. The molecule has 1 aromatic carbocycles. The molecule has 1 aliphatic heterocycles. The lowest BCUT2D eigenvalue weighted by Crippen LogP contribution is -2.81. The number of amides is 1. The highest BCUT2D eigenvalue weighted by Crippen LogP contribution is 2.66. The van der Waals surface area contributed by atoms with Crippen molar-refractivity contribution in [2.75, 3.05) is 6.61 Å². The molecule has 16 nitrogen and oxygen atoms in total. The molecule has 3 N–H and O–H groups in total. The van der Waals surface area contributed by atoms with Gasteiger partial charge in [0, 0.05) is 24.2 Å². The van der Waals surface area contributed by atoms with E-state index in [1.165, 1.54) is 26.8 Å². The maximum atomic E-state index is 15.9. The van der Waals surface area contributed by atoms with Crippen LogP contribution in [-0.4, -0.2) is 112 Å². The van der Waals surface area contributed by atoms with Crippen LogP contribution in [0.3, 0.4) is 0 Å². The first-order valence-corrected chi connectivity index (χ1v) is 22.0. The Labute approximate surface area is 380 Å². The highest BCUT2D eigenvalue weighted by Gasteiger charge is 2.78. The van der Waals surface area contributed by atoms with Crippen LogP contribution < -0.4 is 10.1 Å². The molecule has 3 saturated carbocycles. The predicted molar refractivity (Wildman–Crippen MR) is 224 cm³/mol. The third kappa shape index (κ3) is 9.44. The Morgan fingerprint density at radius 1 is 1.00 bits per heavy atom. The first kappa shape index (κ1) is 50.4. The maximum Gasteiger partial charge on any atom is 0.573 e. The summed E-state index contributed by atoms with van der Waals surface area (Å²) >= 11 is 0. The van der Waals surface area contributed by atoms with E-state index in [0.717, 1.165) is 31.2 Å². The summed E-state index contributed by atoms with van der Waals surface area (Å²) < 4.78 is 80.2. The minimum atomic E-state index is -5.13. The van der Waals surface area contributed by atoms with Gasteiger partial charge in [0.25, 0.3) is 0 Å². The van der Waals surface area contributed by atoms with Gasteiger partial charge in [-0.3, -0.25) is 14.4 Å². The van der Waals surface area contributed by atoms with Gasteiger partial charge in [0.1, 0.15) is 35.3 Å². The van der Waals surface area contributed by atoms with Crippen LogP contribution in [0.2, 0.25) is 0 Å². The third-order valence-corrected chi connectivity index (χ3v) is 13.8. The summed E-state index contributed by atoms with van der Waals surface area (Å²) in [7, 11) is 0. The average Bonchev–Trinajstić information content (AvgIpc) is 4.03. The molecule has 6 rings (SSSR count). The van der Waals surface area contributed by atoms with Crippen LogP contribution in [0.25, 0.3) is 0 Å². The Morgan fingerprint density at radius 2 is 1.65 bits per heavy atom. The normalized spacial score (nSPS) is 32.3. The molecule has 1 saturated heterocycles. The largest absolute Gasteiger partial charge is 0.573 e. The van der Waals surface area contributed by atoms with Gasteiger partial charge >= 0.3 is 36.3 Å². The number of aliphatic hydroxyl groups excluding tert-OH is 1. The van der Waals surface area contributed by atoms with Gasteiger partial charge < -0.3 is 48.7 Å². The molecule has 1 amide bonds. The van der Waals surface area contributed by atoms with Crippen molar-refractivity contribution in [2.45, 2.75) is 162 Å². The molecule has 4 fully saturated rings. The minimum absolute atomic E-state index is 0.00251. The molecule has 0 spiro atoms. The number of ketones is 1. The fourth-order valence-electron chi connectivity index (χ4n) is 10.3. The summed E-state index contributed by atoms with van der Waals surface area (Å²) in [5, 5.41) is 27.8. The number of esters is 4. The molecular weight excluding hydrogens is 876 g/mol. The summed E-state index contributed by atoms with van der Waals surface area (Å²) in [6.45, 7) is 16.8. The maximum absolute atomic E-state index is 15.9. The lowest BCUT2D eigenvalue weighted by Gasteiger charge is -2.68. The van der Waals surface area contributed by atoms with E-state index in [4.69, 9.17) is 28.4 Å². The van der Waals surface area contributed by atoms with E-state index in [0.29, 0.717) is 18.4 Å². The van der Waals surface area contributed by atoms with E-state index in [9.17, 15) is 47.4 Å². The van der Waals surface area contributed by atoms with Gasteiger partial charge in [-0.2, -0.15) is 0 Å². The second-order valence-electron chi connectivity index (χ2n) is 20.2. The summed E-state index contributed by atoms with van der Waals surface area (Å²) in [5.74, 6) is -8.32. The van der Waals surface area contributed by atoms with Crippen LogP contribution in [0.15, 0.2) is 47.1 Å². The highest BCUT2D eigenvalue weighted by molar-refractivity contribution is 5.96. The first-order valence-electron chi connectivity index (χ1n) is 22.0. The van der Waals surface area contributed by atoms with Crippen molar-refractivity contribution in [2.24, 2.45) is 28.6 Å². The van der Waals surface area contributed by atoms with E-state index < -0.39 is 142 Å². The average molecular weight is 936 g/mol. The van der Waals surface area contributed by atoms with Crippen LogP contribution in [0, 0.1) is 28.6 Å². The van der Waals surface area contributed by atoms with Gasteiger partial charge in [0.2, 0.25) is 0 Å². The van der Waals surface area contributed by atoms with Gasteiger partial charge in [-0.15, -0.1) is 13.2 Å². The minimum Gasteiger partial charge on any atom is -0.456 e. The number of alkyl carbamates (subject to hydrolysis) is 1. The van der Waals surface area contributed by atoms with E-state index in [2.05, 4.69) is 10.1 Å². The Bertz CT molecular complexity index is 2210. The lowest BCUT2D eigenvalue weighted by atomic mass is 9.43. The summed E-state index contributed by atoms with van der Waals surface area (Å²) in [6.07, 6.45) is -12.5. The Balaban J connectivity index is 1.56. The lowest BCUT2D eigenvalue weighted by molar-refractivity contribution is -0.340. The van der Waals surface area contributed by atoms with Gasteiger partial charge in [-0.25, -0.2) is 14.4 Å². The number of allylic oxidation sites excluding steroid dienone is 1. The number of carbonyl (C=O) groups is 6. The second-order valence-corrected chi connectivity index (χ2v) is 20.2. The van der Waals surface area contributed by atoms with Crippen LogP contribution in [0.4, 0.5) is 18.0 Å². The van der Waals surface area contributed by atoms with E-state index in [-0.39, 0.29) is 24.2 Å². The molecule has 1 aromatic rings. The standard InChI is InChI=1S/C47H60F3NO15/c1-22(2)17-29(51-41(58)66-42(6,7)8)33(53)40(57)61-30-20-46(59)37(63-39(56)27-13-12-14-28(19-27)65-47(48,49)50)35-44(11,23(3)18-31-45(35,21-60-31)64-25(5)52)36(54)34(62-38(55)26-15-16-26)32(24(30)4)43(46,9)10/h12-14,17,19,23,26,29-31,33-35,37,53,59H,15-16,18,20-21H2,1-11H3,(H,51,58)/t23-,29-,30-,31+,33+,34+,35-,37-,44+,45-,46+/m0/s1. The van der Waals surface area contributed by atoms with Gasteiger partial charge in [0.15, 0.2) is 23.6 Å². The van der Waals surface area contributed by atoms with E-state index in [1.54, 1.807) is 48.5 Å². The summed E-state index contributed by atoms with van der Waals surface area (Å²) in [5.41, 5.74) is -8.50. The van der Waals surface area contributed by atoms with Crippen LogP contribution in [0.1, 0.15) is 112 Å². The third-order valence-electron chi connectivity index (χ3n) is 13.8. The molecule has 5 aliphatic rings. The second kappa shape index (κ2) is 17.6. The fraction of sp³-hybridized carbons (Fsp3) is 0.660. The molecule has 19 heteroatoms. The Kier molecular flexibility index (Phi) is 13.4. The smallest absolute Gasteiger partial charge is 0.456 e. The monoisotopic (exact) mass is 935 g/mol. The number of hydrogen-bond donors (Lipinski definition) is 3. The van der Waals surface area contributed by atoms with Crippen molar-refractivity contribution in [3.8, 4) is 5.75 Å². The van der Waals surface area contributed by atoms with Crippen molar-refractivity contribution < 1.29 is 85.3 Å². The molecule has 0 radical (unpaired) electrons. The van der Waals surface area contributed by atoms with E-state index in [1.807, 2.05) is 0 Å². The van der Waals surface area contributed by atoms with E-state index >= 15 is 4.79 Å². The quantitative estimate of drug-likeness (QED) is 0.132. The number of nitrogens with one attached hydrogen (secondary N) is 1. The Hall–Kier alpha value is -5.01. The number of rotatable bonds is 11. The number of benzene rings is 1. The summed E-state index contributed by atoms with van der Waals surface area (Å²) in [4.78, 5) is 84.3. The number of hydrogen-bond acceptors (Lipinski definition) is 15. The molecule has 1 heterocycles. The highest BCUT2D eigenvalue weighted by atomic mass is 19.4. The number of fused-ring (bicyclic) bond motifs is 5. The topological polar surface area (TPSA) is 220 Å².